The molecule has 0 fully saturated rings. The largest absolute Gasteiger partial charge is 0.416 e. The highest BCUT2D eigenvalue weighted by molar-refractivity contribution is 5.85. The number of anilines is 1. The summed E-state index contributed by atoms with van der Waals surface area (Å²) in [5, 5.41) is 14.1. The second kappa shape index (κ2) is 6.97. The molecule has 1 aliphatic heterocycles. The lowest BCUT2D eigenvalue weighted by molar-refractivity contribution is -0.383. The lowest BCUT2D eigenvalue weighted by atomic mass is 10.1. The van der Waals surface area contributed by atoms with E-state index in [1.165, 1.54) is 10.6 Å². The quantitative estimate of drug-likeness (QED) is 0.508. The van der Waals surface area contributed by atoms with Crippen LogP contribution in [0.1, 0.15) is 23.4 Å². The minimum absolute atomic E-state index is 0.0367. The van der Waals surface area contributed by atoms with Crippen LogP contribution in [0.4, 0.5) is 24.5 Å². The lowest BCUT2D eigenvalue weighted by Gasteiger charge is -2.09. The van der Waals surface area contributed by atoms with Crippen molar-refractivity contribution in [1.29, 1.82) is 0 Å². The molecule has 2 aromatic carbocycles. The molecule has 1 aromatic heterocycles. The van der Waals surface area contributed by atoms with Gasteiger partial charge in [0.2, 0.25) is 0 Å². The van der Waals surface area contributed by atoms with Gasteiger partial charge in [0.1, 0.15) is 11.5 Å². The number of aromatic nitrogens is 2. The predicted octanol–water partition coefficient (Wildman–Crippen LogP) is 4.31. The van der Waals surface area contributed by atoms with Crippen molar-refractivity contribution < 1.29 is 18.1 Å². The molecule has 0 saturated heterocycles. The summed E-state index contributed by atoms with van der Waals surface area (Å²) in [6.07, 6.45) is -2.44. The Morgan fingerprint density at radius 3 is 2.67 bits per heavy atom. The van der Waals surface area contributed by atoms with Crippen LogP contribution in [0.2, 0.25) is 0 Å². The molecule has 1 N–H and O–H groups in total. The van der Waals surface area contributed by atoms with Crippen molar-refractivity contribution in [1.82, 2.24) is 9.55 Å². The monoisotopic (exact) mass is 416 g/mol. The minimum atomic E-state index is -4.54. The molecule has 0 radical (unpaired) electrons. The number of hydrogen-bond donors (Lipinski definition) is 1. The Labute approximate surface area is 167 Å². The second-order valence-corrected chi connectivity index (χ2v) is 6.83. The van der Waals surface area contributed by atoms with E-state index in [0.717, 1.165) is 18.2 Å². The van der Waals surface area contributed by atoms with E-state index in [9.17, 15) is 28.1 Å². The first kappa shape index (κ1) is 19.6. The molecule has 1 aliphatic rings. The number of rotatable bonds is 3. The molecule has 0 saturated carbocycles. The van der Waals surface area contributed by atoms with Gasteiger partial charge in [0.15, 0.2) is 0 Å². The number of nitrogens with zero attached hydrogens (tertiary/aromatic N) is 3. The molecule has 154 valence electrons. The summed E-state index contributed by atoms with van der Waals surface area (Å²) >= 11 is 0. The van der Waals surface area contributed by atoms with Crippen molar-refractivity contribution in [3.63, 3.8) is 0 Å². The van der Waals surface area contributed by atoms with Crippen LogP contribution in [0.25, 0.3) is 22.6 Å². The van der Waals surface area contributed by atoms with E-state index in [4.69, 9.17) is 0 Å². The Bertz CT molecular complexity index is 1280. The van der Waals surface area contributed by atoms with Crippen LogP contribution in [-0.2, 0) is 12.7 Å². The molecule has 3 aromatic rings. The lowest BCUT2D eigenvalue weighted by Crippen LogP contribution is -2.21. The molecule has 0 unspecified atom stereocenters. The van der Waals surface area contributed by atoms with Gasteiger partial charge >= 0.3 is 6.18 Å². The average Bonchev–Trinajstić information content (AvgIpc) is 3.09. The van der Waals surface area contributed by atoms with Crippen LogP contribution >= 0.6 is 0 Å². The topological polar surface area (TPSA) is 90.1 Å². The van der Waals surface area contributed by atoms with Crippen LogP contribution in [-0.4, -0.2) is 21.5 Å². The van der Waals surface area contributed by atoms with Gasteiger partial charge in [0.25, 0.3) is 11.2 Å². The van der Waals surface area contributed by atoms with Crippen molar-refractivity contribution >= 4 is 33.9 Å². The van der Waals surface area contributed by atoms with E-state index in [0.29, 0.717) is 29.8 Å². The molecular weight excluding hydrogens is 401 g/mol. The molecule has 0 spiro atoms. The van der Waals surface area contributed by atoms with Crippen LogP contribution in [0.5, 0.6) is 0 Å². The Morgan fingerprint density at radius 1 is 1.23 bits per heavy atom. The fraction of sp³-hybridized carbons (Fsp3) is 0.200. The Hall–Kier alpha value is -3.69. The normalized spacial score (nSPS) is 14.9. The molecule has 7 nitrogen and oxygen atoms in total. The molecule has 10 heteroatoms. The highest BCUT2D eigenvalue weighted by Gasteiger charge is 2.31. The zero-order valence-corrected chi connectivity index (χ0v) is 15.7. The Balaban J connectivity index is 1.85. The third-order valence-corrected chi connectivity index (χ3v) is 5.00. The highest BCUT2D eigenvalue weighted by atomic mass is 19.4. The Kier molecular flexibility index (Phi) is 4.56. The molecule has 30 heavy (non-hydrogen) atoms. The number of fused-ring (bicyclic) bond motifs is 2. The number of benzene rings is 2. The zero-order chi connectivity index (χ0) is 21.6. The van der Waals surface area contributed by atoms with E-state index < -0.39 is 22.2 Å². The molecular formula is C20H15F3N4O3. The average molecular weight is 416 g/mol. The molecule has 0 aliphatic carbocycles. The first-order valence-electron chi connectivity index (χ1n) is 8.98. The van der Waals surface area contributed by atoms with Crippen molar-refractivity contribution in [3.8, 4) is 0 Å². The number of nitrogens with one attached hydrogen (secondary N) is 1. The zero-order valence-electron chi connectivity index (χ0n) is 15.7. The number of alkyl halides is 3. The van der Waals surface area contributed by atoms with Crippen molar-refractivity contribution in [2.45, 2.75) is 19.1 Å². The summed E-state index contributed by atoms with van der Waals surface area (Å²) in [7, 11) is 1.57. The van der Waals surface area contributed by atoms with Gasteiger partial charge in [-0.25, -0.2) is 4.98 Å². The van der Waals surface area contributed by atoms with Gasteiger partial charge < -0.3 is 5.32 Å². The van der Waals surface area contributed by atoms with Crippen LogP contribution in [0.3, 0.4) is 0 Å². The first-order valence-corrected chi connectivity index (χ1v) is 8.98. The van der Waals surface area contributed by atoms with Gasteiger partial charge in [-0.1, -0.05) is 6.07 Å². The molecule has 4 rings (SSSR count). The number of hydrogen-bond acceptors (Lipinski definition) is 5. The third-order valence-electron chi connectivity index (χ3n) is 5.00. The number of halogens is 3. The van der Waals surface area contributed by atoms with E-state index in [-0.39, 0.29) is 22.4 Å². The first-order chi connectivity index (χ1) is 14.2. The van der Waals surface area contributed by atoms with Crippen molar-refractivity contribution in [2.75, 3.05) is 12.4 Å². The van der Waals surface area contributed by atoms with Crippen LogP contribution in [0.15, 0.2) is 41.2 Å². The Morgan fingerprint density at radius 2 is 2.00 bits per heavy atom. The fourth-order valence-electron chi connectivity index (χ4n) is 3.53. The standard InChI is InChI=1S/C20H15F3N4O3/c1-24-15-5-2-11(9-17(15)27(29)30)8-12-6-7-26-18(12)25-16-10-13(20(21,22)23)3-4-14(16)19(26)28/h2-5,8-10,24H,6-7H2,1H3. The van der Waals surface area contributed by atoms with Gasteiger partial charge in [-0.15, -0.1) is 0 Å². The SMILES string of the molecule is CNc1ccc(C=C2CCn3c2nc2cc(C(F)(F)F)ccc2c3=O)cc1[N+](=O)[O-]. The molecule has 0 bridgehead atoms. The van der Waals surface area contributed by atoms with Crippen molar-refractivity contribution in [2.24, 2.45) is 0 Å². The predicted molar refractivity (Wildman–Crippen MR) is 106 cm³/mol. The maximum absolute atomic E-state index is 13.0. The summed E-state index contributed by atoms with van der Waals surface area (Å²) in [4.78, 5) is 27.8. The highest BCUT2D eigenvalue weighted by Crippen LogP contribution is 2.33. The van der Waals surface area contributed by atoms with Gasteiger partial charge in [-0.05, 0) is 47.9 Å². The van der Waals surface area contributed by atoms with Gasteiger partial charge in [0.05, 0.1) is 21.4 Å². The summed E-state index contributed by atoms with van der Waals surface area (Å²) in [6.45, 7) is 0.334. The van der Waals surface area contributed by atoms with E-state index in [1.54, 1.807) is 25.3 Å². The van der Waals surface area contributed by atoms with Crippen LogP contribution < -0.4 is 10.9 Å². The van der Waals surface area contributed by atoms with Gasteiger partial charge in [0, 0.05) is 19.7 Å². The summed E-state index contributed by atoms with van der Waals surface area (Å²) in [5.41, 5.74) is 0.0700. The van der Waals surface area contributed by atoms with Gasteiger partial charge in [-0.2, -0.15) is 13.2 Å². The fourth-order valence-corrected chi connectivity index (χ4v) is 3.53. The number of allylic oxidation sites excluding steroid dienone is 1. The summed E-state index contributed by atoms with van der Waals surface area (Å²) in [6, 6.07) is 7.50. The van der Waals surface area contributed by atoms with E-state index >= 15 is 0 Å². The smallest absolute Gasteiger partial charge is 0.383 e. The second-order valence-electron chi connectivity index (χ2n) is 6.83. The number of nitro groups is 1. The maximum atomic E-state index is 13.0. The molecule has 0 atom stereocenters. The minimum Gasteiger partial charge on any atom is -0.383 e. The number of nitro benzene ring substituents is 1. The maximum Gasteiger partial charge on any atom is 0.416 e. The summed E-state index contributed by atoms with van der Waals surface area (Å²) in [5.74, 6) is 0.271. The van der Waals surface area contributed by atoms with E-state index in [1.807, 2.05) is 0 Å². The van der Waals surface area contributed by atoms with E-state index in [2.05, 4.69) is 10.3 Å². The summed E-state index contributed by atoms with van der Waals surface area (Å²) < 4.78 is 40.5. The molecule has 0 amide bonds. The van der Waals surface area contributed by atoms with Gasteiger partial charge in [-0.3, -0.25) is 19.5 Å². The molecule has 2 heterocycles. The van der Waals surface area contributed by atoms with Crippen molar-refractivity contribution in [3.05, 3.63) is 73.8 Å². The van der Waals surface area contributed by atoms with Crippen LogP contribution in [0, 0.1) is 10.1 Å². The third kappa shape index (κ3) is 3.30.